The number of rotatable bonds is 5. The van der Waals surface area contributed by atoms with Crippen molar-refractivity contribution in [3.05, 3.63) is 23.8 Å². The van der Waals surface area contributed by atoms with E-state index in [9.17, 15) is 0 Å². The van der Waals surface area contributed by atoms with Crippen molar-refractivity contribution >= 4 is 0 Å². The quantitative estimate of drug-likeness (QED) is 0.745. The maximum absolute atomic E-state index is 5.67. The Bertz CT molecular complexity index is 259. The first-order chi connectivity index (χ1) is 6.72. The minimum absolute atomic E-state index is 0.156. The highest BCUT2D eigenvalue weighted by Gasteiger charge is 2.00. The Hall–Kier alpha value is -1.00. The van der Waals surface area contributed by atoms with E-state index in [1.807, 2.05) is 19.3 Å². The summed E-state index contributed by atoms with van der Waals surface area (Å²) in [6.07, 6.45) is 5.25. The smallest absolute Gasteiger partial charge is 0.130 e. The number of nitrogens with zero attached hydrogens (tertiary/aromatic N) is 2. The topological polar surface area (TPSA) is 61.0 Å². The van der Waals surface area contributed by atoms with Crippen LogP contribution in [0.15, 0.2) is 12.4 Å². The van der Waals surface area contributed by atoms with E-state index in [1.165, 1.54) is 0 Å². The van der Waals surface area contributed by atoms with Crippen LogP contribution in [0, 0.1) is 0 Å². The van der Waals surface area contributed by atoms with Gasteiger partial charge in [-0.1, -0.05) is 0 Å². The molecule has 0 aliphatic rings. The predicted octanol–water partition coefficient (Wildman–Crippen LogP) is 0.555. The van der Waals surface area contributed by atoms with E-state index in [4.69, 9.17) is 10.5 Å². The summed E-state index contributed by atoms with van der Waals surface area (Å²) < 4.78 is 4.94. The molecule has 0 bridgehead atoms. The fourth-order valence-electron chi connectivity index (χ4n) is 1.18. The van der Waals surface area contributed by atoms with Gasteiger partial charge in [-0.25, -0.2) is 9.97 Å². The molecule has 14 heavy (non-hydrogen) atoms. The van der Waals surface area contributed by atoms with E-state index < -0.39 is 0 Å². The van der Waals surface area contributed by atoms with Crippen molar-refractivity contribution in [2.75, 3.05) is 13.7 Å². The van der Waals surface area contributed by atoms with Gasteiger partial charge in [0, 0.05) is 32.0 Å². The van der Waals surface area contributed by atoms with Gasteiger partial charge in [-0.05, 0) is 18.9 Å². The van der Waals surface area contributed by atoms with Crippen LogP contribution in [0.2, 0.25) is 0 Å². The van der Waals surface area contributed by atoms with Crippen LogP contribution in [0.1, 0.15) is 18.3 Å². The van der Waals surface area contributed by atoms with Gasteiger partial charge in [0.15, 0.2) is 0 Å². The fourth-order valence-corrected chi connectivity index (χ4v) is 1.18. The van der Waals surface area contributed by atoms with Crippen molar-refractivity contribution < 1.29 is 4.74 Å². The molecule has 0 spiro atoms. The fraction of sp³-hybridized carbons (Fsp3) is 0.600. The van der Waals surface area contributed by atoms with E-state index in [1.54, 1.807) is 7.11 Å². The van der Waals surface area contributed by atoms with Crippen molar-refractivity contribution in [1.82, 2.24) is 9.97 Å². The first kappa shape index (κ1) is 11.1. The van der Waals surface area contributed by atoms with Crippen LogP contribution in [-0.4, -0.2) is 29.7 Å². The molecule has 1 aromatic heterocycles. The van der Waals surface area contributed by atoms with Crippen LogP contribution in [-0.2, 0) is 17.6 Å². The highest BCUT2D eigenvalue weighted by Crippen LogP contribution is 2.00. The molecule has 0 fully saturated rings. The first-order valence-electron chi connectivity index (χ1n) is 4.76. The van der Waals surface area contributed by atoms with Crippen molar-refractivity contribution in [3.8, 4) is 0 Å². The molecule has 0 aliphatic heterocycles. The standard InChI is InChI=1S/C10H17N3O/c1-8(11)5-9-6-12-10(13-7-9)3-4-14-2/h6-8H,3-5,11H2,1-2H3. The molecule has 1 atom stereocenters. The van der Waals surface area contributed by atoms with Gasteiger partial charge in [0.2, 0.25) is 0 Å². The van der Waals surface area contributed by atoms with E-state index in [0.717, 1.165) is 24.2 Å². The number of aromatic nitrogens is 2. The molecule has 0 radical (unpaired) electrons. The summed E-state index contributed by atoms with van der Waals surface area (Å²) in [4.78, 5) is 8.45. The second kappa shape index (κ2) is 5.67. The van der Waals surface area contributed by atoms with Crippen LogP contribution >= 0.6 is 0 Å². The van der Waals surface area contributed by atoms with Gasteiger partial charge in [-0.2, -0.15) is 0 Å². The molecule has 1 aromatic rings. The molecule has 0 amide bonds. The third-order valence-electron chi connectivity index (χ3n) is 1.85. The van der Waals surface area contributed by atoms with Crippen molar-refractivity contribution in [1.29, 1.82) is 0 Å². The monoisotopic (exact) mass is 195 g/mol. The second-order valence-electron chi connectivity index (χ2n) is 3.43. The lowest BCUT2D eigenvalue weighted by atomic mass is 10.1. The molecule has 4 heteroatoms. The van der Waals surface area contributed by atoms with Gasteiger partial charge in [0.1, 0.15) is 5.82 Å². The molecule has 1 rings (SSSR count). The van der Waals surface area contributed by atoms with Crippen LogP contribution < -0.4 is 5.73 Å². The SMILES string of the molecule is COCCc1ncc(CC(C)N)cn1. The average Bonchev–Trinajstić information content (AvgIpc) is 2.16. The van der Waals surface area contributed by atoms with E-state index in [2.05, 4.69) is 9.97 Å². The van der Waals surface area contributed by atoms with Crippen molar-refractivity contribution in [2.45, 2.75) is 25.8 Å². The van der Waals surface area contributed by atoms with Crippen LogP contribution in [0.5, 0.6) is 0 Å². The normalized spacial score (nSPS) is 12.8. The van der Waals surface area contributed by atoms with Gasteiger partial charge in [-0.15, -0.1) is 0 Å². The first-order valence-corrected chi connectivity index (χ1v) is 4.76. The van der Waals surface area contributed by atoms with Gasteiger partial charge in [0.05, 0.1) is 6.61 Å². The van der Waals surface area contributed by atoms with Crippen LogP contribution in [0.3, 0.4) is 0 Å². The minimum atomic E-state index is 0.156. The van der Waals surface area contributed by atoms with E-state index >= 15 is 0 Å². The summed E-state index contributed by atoms with van der Waals surface area (Å²) >= 11 is 0. The summed E-state index contributed by atoms with van der Waals surface area (Å²) in [5, 5.41) is 0. The Labute approximate surface area is 84.5 Å². The number of ether oxygens (including phenoxy) is 1. The highest BCUT2D eigenvalue weighted by atomic mass is 16.5. The molecule has 78 valence electrons. The molecule has 0 aromatic carbocycles. The van der Waals surface area contributed by atoms with E-state index in [-0.39, 0.29) is 6.04 Å². The van der Waals surface area contributed by atoms with Gasteiger partial charge < -0.3 is 10.5 Å². The minimum Gasteiger partial charge on any atom is -0.384 e. The lowest BCUT2D eigenvalue weighted by molar-refractivity contribution is 0.200. The van der Waals surface area contributed by atoms with Crippen LogP contribution in [0.4, 0.5) is 0 Å². The number of nitrogens with two attached hydrogens (primary N) is 1. The Morgan fingerprint density at radius 2 is 2.07 bits per heavy atom. The zero-order chi connectivity index (χ0) is 10.4. The predicted molar refractivity (Wildman–Crippen MR) is 55.0 cm³/mol. The van der Waals surface area contributed by atoms with Gasteiger partial charge in [0.25, 0.3) is 0 Å². The number of methoxy groups -OCH3 is 1. The Morgan fingerprint density at radius 1 is 1.43 bits per heavy atom. The maximum Gasteiger partial charge on any atom is 0.130 e. The molecule has 1 unspecified atom stereocenters. The molecular weight excluding hydrogens is 178 g/mol. The van der Waals surface area contributed by atoms with Crippen molar-refractivity contribution in [3.63, 3.8) is 0 Å². The molecule has 2 N–H and O–H groups in total. The summed E-state index contributed by atoms with van der Waals surface area (Å²) in [6, 6.07) is 0.156. The lowest BCUT2D eigenvalue weighted by Crippen LogP contribution is -2.18. The van der Waals surface area contributed by atoms with Crippen molar-refractivity contribution in [2.24, 2.45) is 5.73 Å². The highest BCUT2D eigenvalue weighted by molar-refractivity contribution is 5.06. The van der Waals surface area contributed by atoms with E-state index in [0.29, 0.717) is 6.61 Å². The molecular formula is C10H17N3O. The second-order valence-corrected chi connectivity index (χ2v) is 3.43. The summed E-state index contributed by atoms with van der Waals surface area (Å²) in [5.74, 6) is 0.820. The van der Waals surface area contributed by atoms with Crippen LogP contribution in [0.25, 0.3) is 0 Å². The Morgan fingerprint density at radius 3 is 2.57 bits per heavy atom. The summed E-state index contributed by atoms with van der Waals surface area (Å²) in [5.41, 5.74) is 6.75. The summed E-state index contributed by atoms with van der Waals surface area (Å²) in [7, 11) is 1.67. The number of hydrogen-bond donors (Lipinski definition) is 1. The largest absolute Gasteiger partial charge is 0.384 e. The third-order valence-corrected chi connectivity index (χ3v) is 1.85. The molecule has 0 saturated carbocycles. The summed E-state index contributed by atoms with van der Waals surface area (Å²) in [6.45, 7) is 2.63. The lowest BCUT2D eigenvalue weighted by Gasteiger charge is -2.04. The number of hydrogen-bond acceptors (Lipinski definition) is 4. The molecule has 0 saturated heterocycles. The van der Waals surface area contributed by atoms with Gasteiger partial charge >= 0.3 is 0 Å². The Balaban J connectivity index is 2.50. The molecule has 0 aliphatic carbocycles. The average molecular weight is 195 g/mol. The zero-order valence-electron chi connectivity index (χ0n) is 8.73. The third kappa shape index (κ3) is 3.81. The molecule has 4 nitrogen and oxygen atoms in total. The maximum atomic E-state index is 5.67. The Kier molecular flexibility index (Phi) is 4.49. The molecule has 1 heterocycles. The zero-order valence-corrected chi connectivity index (χ0v) is 8.73. The van der Waals surface area contributed by atoms with Gasteiger partial charge in [-0.3, -0.25) is 0 Å².